The van der Waals surface area contributed by atoms with Crippen molar-refractivity contribution >= 4 is 33.6 Å². The topological polar surface area (TPSA) is 20.3 Å². The van der Waals surface area contributed by atoms with E-state index in [-0.39, 0.29) is 5.91 Å². The van der Waals surface area contributed by atoms with Gasteiger partial charge in [-0.1, -0.05) is 163 Å². The van der Waals surface area contributed by atoms with Crippen molar-refractivity contribution in [2.45, 2.75) is 6.92 Å². The second kappa shape index (κ2) is 11.5. The second-order valence-electron chi connectivity index (χ2n) is 11.8. The van der Waals surface area contributed by atoms with Gasteiger partial charge in [-0.2, -0.15) is 0 Å². The smallest absolute Gasteiger partial charge is 0.264 e. The predicted molar refractivity (Wildman–Crippen MR) is 192 cm³/mol. The van der Waals surface area contributed by atoms with Crippen LogP contribution in [0.5, 0.6) is 0 Å². The van der Waals surface area contributed by atoms with Crippen molar-refractivity contribution in [1.29, 1.82) is 0 Å². The average Bonchev–Trinajstić information content (AvgIpc) is 3.42. The standard InChI is InChI=1S/C44H31NO/c1-30-16-27-38(28-17-30)45-43(40-29-26-35-14-8-9-15-39(35)42(40)44(45)46)41(36-22-18-33(19-23-36)31-10-4-2-5-11-31)37-24-20-34(21-25-37)32-12-6-3-7-13-32/h2-29H,1H3. The van der Waals surface area contributed by atoms with Crippen molar-refractivity contribution in [2.24, 2.45) is 0 Å². The van der Waals surface area contributed by atoms with E-state index in [1.54, 1.807) is 0 Å². The molecule has 7 aromatic carbocycles. The lowest BCUT2D eigenvalue weighted by Gasteiger charge is -2.23. The average molecular weight is 590 g/mol. The molecule has 0 N–H and O–H groups in total. The summed E-state index contributed by atoms with van der Waals surface area (Å²) in [5.41, 5.74) is 12.3. The SMILES string of the molecule is Cc1ccc(N2C(=O)c3c(ccc4ccccc34)C2=C(c2ccc(-c3ccccc3)cc2)c2ccc(-c3ccccc3)cc2)cc1. The van der Waals surface area contributed by atoms with Crippen LogP contribution in [0.4, 0.5) is 5.69 Å². The van der Waals surface area contributed by atoms with Crippen LogP contribution in [0.2, 0.25) is 0 Å². The van der Waals surface area contributed by atoms with Gasteiger partial charge in [0.25, 0.3) is 5.91 Å². The third-order valence-corrected chi connectivity index (χ3v) is 8.92. The maximum absolute atomic E-state index is 14.6. The molecule has 0 bridgehead atoms. The number of hydrogen-bond acceptors (Lipinski definition) is 1. The molecule has 8 rings (SSSR count). The highest BCUT2D eigenvalue weighted by atomic mass is 16.2. The highest BCUT2D eigenvalue weighted by Crippen LogP contribution is 2.46. The number of amides is 1. The number of nitrogens with zero attached hydrogens (tertiary/aromatic N) is 1. The van der Waals surface area contributed by atoms with Crippen LogP contribution in [0.3, 0.4) is 0 Å². The molecule has 0 saturated carbocycles. The number of rotatable bonds is 5. The van der Waals surface area contributed by atoms with Gasteiger partial charge in [-0.3, -0.25) is 9.69 Å². The summed E-state index contributed by atoms with van der Waals surface area (Å²) in [5.74, 6) is -0.00929. The minimum atomic E-state index is -0.00929. The zero-order chi connectivity index (χ0) is 31.0. The summed E-state index contributed by atoms with van der Waals surface area (Å²) in [6, 6.07) is 59.0. The molecule has 1 amide bonds. The molecule has 2 nitrogen and oxygen atoms in total. The number of benzene rings is 7. The molecule has 2 heteroatoms. The van der Waals surface area contributed by atoms with E-state index in [0.29, 0.717) is 0 Å². The number of aryl methyl sites for hydroxylation is 1. The summed E-state index contributed by atoms with van der Waals surface area (Å²) in [6.45, 7) is 2.07. The fourth-order valence-electron chi connectivity index (χ4n) is 6.58. The molecule has 1 aliphatic heterocycles. The van der Waals surface area contributed by atoms with E-state index in [9.17, 15) is 4.79 Å². The minimum absolute atomic E-state index is 0.00929. The van der Waals surface area contributed by atoms with Crippen LogP contribution >= 0.6 is 0 Å². The lowest BCUT2D eigenvalue weighted by Crippen LogP contribution is -2.23. The molecule has 0 unspecified atom stereocenters. The van der Waals surface area contributed by atoms with Crippen molar-refractivity contribution in [1.82, 2.24) is 0 Å². The molecule has 7 aromatic rings. The molecule has 0 radical (unpaired) electrons. The van der Waals surface area contributed by atoms with E-state index in [2.05, 4.69) is 153 Å². The van der Waals surface area contributed by atoms with Crippen LogP contribution in [-0.4, -0.2) is 5.91 Å². The Kier molecular flexibility index (Phi) is 6.89. The molecule has 0 fully saturated rings. The first-order valence-corrected chi connectivity index (χ1v) is 15.6. The number of carbonyl (C=O) groups is 1. The second-order valence-corrected chi connectivity index (χ2v) is 11.8. The van der Waals surface area contributed by atoms with E-state index in [1.807, 2.05) is 29.2 Å². The third kappa shape index (κ3) is 4.81. The molecular formula is C44H31NO. The first-order valence-electron chi connectivity index (χ1n) is 15.6. The molecule has 218 valence electrons. The maximum atomic E-state index is 14.6. The van der Waals surface area contributed by atoms with Gasteiger partial charge in [0.2, 0.25) is 0 Å². The predicted octanol–water partition coefficient (Wildman–Crippen LogP) is 11.1. The molecule has 0 atom stereocenters. The zero-order valence-corrected chi connectivity index (χ0v) is 25.5. The number of anilines is 1. The highest BCUT2D eigenvalue weighted by Gasteiger charge is 2.37. The summed E-state index contributed by atoms with van der Waals surface area (Å²) in [5, 5.41) is 2.02. The van der Waals surface area contributed by atoms with Crippen molar-refractivity contribution in [2.75, 3.05) is 4.90 Å². The Balaban J connectivity index is 1.40. The van der Waals surface area contributed by atoms with E-state index < -0.39 is 0 Å². The summed E-state index contributed by atoms with van der Waals surface area (Å²) in [7, 11) is 0. The molecule has 0 aromatic heterocycles. The monoisotopic (exact) mass is 589 g/mol. The van der Waals surface area contributed by atoms with Gasteiger partial charge in [0.15, 0.2) is 0 Å². The molecule has 0 saturated heterocycles. The fourth-order valence-corrected chi connectivity index (χ4v) is 6.58. The Bertz CT molecular complexity index is 2140. The van der Waals surface area contributed by atoms with Crippen molar-refractivity contribution < 1.29 is 4.79 Å². The third-order valence-electron chi connectivity index (χ3n) is 8.92. The zero-order valence-electron chi connectivity index (χ0n) is 25.5. The summed E-state index contributed by atoms with van der Waals surface area (Å²) < 4.78 is 0. The van der Waals surface area contributed by atoms with Gasteiger partial charge >= 0.3 is 0 Å². The van der Waals surface area contributed by atoms with Crippen LogP contribution in [0, 0.1) is 6.92 Å². The molecule has 1 aliphatic rings. The molecule has 46 heavy (non-hydrogen) atoms. The lowest BCUT2D eigenvalue weighted by molar-refractivity contribution is 0.101. The molecular weight excluding hydrogens is 558 g/mol. The summed E-state index contributed by atoms with van der Waals surface area (Å²) in [4.78, 5) is 16.6. The van der Waals surface area contributed by atoms with Crippen molar-refractivity contribution in [3.63, 3.8) is 0 Å². The fraction of sp³-hybridized carbons (Fsp3) is 0.0227. The van der Waals surface area contributed by atoms with Gasteiger partial charge in [-0.05, 0) is 63.2 Å². The number of fused-ring (bicyclic) bond motifs is 3. The Hall–Kier alpha value is -5.99. The Labute approximate surface area is 269 Å². The van der Waals surface area contributed by atoms with Gasteiger partial charge < -0.3 is 0 Å². The largest absolute Gasteiger partial charge is 0.276 e. The van der Waals surface area contributed by atoms with Crippen molar-refractivity contribution in [3.8, 4) is 22.3 Å². The van der Waals surface area contributed by atoms with Gasteiger partial charge in [0.05, 0.1) is 11.3 Å². The van der Waals surface area contributed by atoms with Crippen molar-refractivity contribution in [3.05, 3.63) is 198 Å². The lowest BCUT2D eigenvalue weighted by atomic mass is 9.90. The van der Waals surface area contributed by atoms with E-state index in [1.165, 1.54) is 11.1 Å². The Morgan fingerprint density at radius 2 is 0.978 bits per heavy atom. The Morgan fingerprint density at radius 1 is 0.478 bits per heavy atom. The van der Waals surface area contributed by atoms with E-state index >= 15 is 0 Å². The Morgan fingerprint density at radius 3 is 1.54 bits per heavy atom. The van der Waals surface area contributed by atoms with Gasteiger partial charge in [0, 0.05) is 16.8 Å². The van der Waals surface area contributed by atoms with E-state index in [4.69, 9.17) is 0 Å². The van der Waals surface area contributed by atoms with E-state index in [0.717, 1.165) is 66.7 Å². The number of hydrogen-bond donors (Lipinski definition) is 0. The van der Waals surface area contributed by atoms with Crippen LogP contribution in [0.1, 0.15) is 32.6 Å². The van der Waals surface area contributed by atoms with Gasteiger partial charge in [-0.15, -0.1) is 0 Å². The summed E-state index contributed by atoms with van der Waals surface area (Å²) in [6.07, 6.45) is 0. The summed E-state index contributed by atoms with van der Waals surface area (Å²) >= 11 is 0. The first kappa shape index (κ1) is 27.6. The first-order chi connectivity index (χ1) is 22.7. The molecule has 0 aliphatic carbocycles. The quantitative estimate of drug-likeness (QED) is 0.196. The van der Waals surface area contributed by atoms with Gasteiger partial charge in [0.1, 0.15) is 0 Å². The van der Waals surface area contributed by atoms with Gasteiger partial charge in [-0.25, -0.2) is 0 Å². The highest BCUT2D eigenvalue weighted by molar-refractivity contribution is 6.31. The molecule has 1 heterocycles. The number of carbonyl (C=O) groups excluding carboxylic acids is 1. The van der Waals surface area contributed by atoms with Crippen LogP contribution in [0.25, 0.3) is 44.3 Å². The van der Waals surface area contributed by atoms with Crippen LogP contribution < -0.4 is 4.90 Å². The normalized spacial score (nSPS) is 12.4. The van der Waals surface area contributed by atoms with Crippen LogP contribution in [0.15, 0.2) is 170 Å². The van der Waals surface area contributed by atoms with Crippen LogP contribution in [-0.2, 0) is 0 Å². The molecule has 0 spiro atoms. The minimum Gasteiger partial charge on any atom is -0.276 e. The maximum Gasteiger partial charge on any atom is 0.264 e.